The van der Waals surface area contributed by atoms with Gasteiger partial charge in [0.1, 0.15) is 23.0 Å². The van der Waals surface area contributed by atoms with Gasteiger partial charge in [0.15, 0.2) is 5.75 Å². The van der Waals surface area contributed by atoms with Gasteiger partial charge < -0.3 is 20.1 Å². The highest BCUT2D eigenvalue weighted by Gasteiger charge is 2.26. The zero-order valence-corrected chi connectivity index (χ0v) is 21.0. The van der Waals surface area contributed by atoms with Crippen molar-refractivity contribution < 1.29 is 20.1 Å². The van der Waals surface area contributed by atoms with Gasteiger partial charge in [0.05, 0.1) is 17.1 Å². The normalized spacial score (nSPS) is 10.9. The van der Waals surface area contributed by atoms with Crippen LogP contribution in [0.25, 0.3) is 0 Å². The molecule has 0 spiro atoms. The predicted molar refractivity (Wildman–Crippen MR) is 141 cm³/mol. The van der Waals surface area contributed by atoms with Crippen LogP contribution in [0.3, 0.4) is 0 Å². The summed E-state index contributed by atoms with van der Waals surface area (Å²) in [6.07, 6.45) is 0. The summed E-state index contributed by atoms with van der Waals surface area (Å²) in [5.41, 5.74) is 7.09. The molecular weight excluding hydrogens is 438 g/mol. The number of para-hydroxylation sites is 2. The van der Waals surface area contributed by atoms with Crippen LogP contribution < -0.4 is 9.64 Å². The number of aryl methyl sites for hydroxylation is 4. The topological polar surface area (TPSA) is 73.2 Å². The Kier molecular flexibility index (Phi) is 6.35. The predicted octanol–water partition coefficient (Wildman–Crippen LogP) is 7.92. The van der Waals surface area contributed by atoms with Crippen LogP contribution in [0.4, 0.5) is 17.1 Å². The van der Waals surface area contributed by atoms with E-state index in [1.54, 1.807) is 24.3 Å². The van der Waals surface area contributed by atoms with Gasteiger partial charge in [-0.2, -0.15) is 0 Å². The molecule has 5 nitrogen and oxygen atoms in total. The second-order valence-electron chi connectivity index (χ2n) is 9.06. The van der Waals surface area contributed by atoms with E-state index in [1.165, 1.54) is 0 Å². The van der Waals surface area contributed by atoms with Crippen molar-refractivity contribution in [2.45, 2.75) is 41.5 Å². The molecule has 0 atom stereocenters. The molecule has 0 unspecified atom stereocenters. The van der Waals surface area contributed by atoms with Gasteiger partial charge >= 0.3 is 0 Å². The van der Waals surface area contributed by atoms with Crippen molar-refractivity contribution in [3.63, 3.8) is 0 Å². The van der Waals surface area contributed by atoms with E-state index in [0.29, 0.717) is 34.1 Å². The third kappa shape index (κ3) is 4.37. The average Bonchev–Trinajstić information content (AvgIpc) is 2.82. The first kappa shape index (κ1) is 24.0. The highest BCUT2D eigenvalue weighted by molar-refractivity contribution is 5.89. The molecule has 0 aliphatic rings. The molecule has 4 aromatic carbocycles. The molecule has 35 heavy (non-hydrogen) atoms. The van der Waals surface area contributed by atoms with E-state index in [2.05, 4.69) is 0 Å². The molecule has 4 rings (SSSR count). The van der Waals surface area contributed by atoms with Crippen LogP contribution in [0.15, 0.2) is 60.7 Å². The SMILES string of the molecule is Cc1cc(Oc2ccccc2N(c2c(O)ccc(C)c2C)c2c(O)ccc(C)c2C)c(C)cc1O. The molecule has 0 aliphatic carbocycles. The first-order chi connectivity index (χ1) is 16.6. The van der Waals surface area contributed by atoms with Crippen LogP contribution in [0.5, 0.6) is 28.7 Å². The summed E-state index contributed by atoms with van der Waals surface area (Å²) in [5, 5.41) is 32.2. The van der Waals surface area contributed by atoms with Crippen molar-refractivity contribution in [2.75, 3.05) is 4.90 Å². The Bertz CT molecular complexity index is 1370. The quantitative estimate of drug-likeness (QED) is 0.277. The van der Waals surface area contributed by atoms with Crippen molar-refractivity contribution in [3.05, 3.63) is 94.0 Å². The Morgan fingerprint density at radius 2 is 1.09 bits per heavy atom. The molecule has 180 valence electrons. The van der Waals surface area contributed by atoms with Gasteiger partial charge in [0.2, 0.25) is 0 Å². The van der Waals surface area contributed by atoms with Crippen LogP contribution in [0.1, 0.15) is 33.4 Å². The number of hydrogen-bond acceptors (Lipinski definition) is 5. The molecule has 0 bridgehead atoms. The molecular formula is C30H31NO4. The van der Waals surface area contributed by atoms with Crippen LogP contribution in [0.2, 0.25) is 0 Å². The molecule has 0 aliphatic heterocycles. The third-order valence-electron chi connectivity index (χ3n) is 6.63. The monoisotopic (exact) mass is 469 g/mol. The Labute approximate surface area is 206 Å². The zero-order valence-electron chi connectivity index (χ0n) is 21.0. The first-order valence-corrected chi connectivity index (χ1v) is 11.6. The second-order valence-corrected chi connectivity index (χ2v) is 9.06. The van der Waals surface area contributed by atoms with Crippen LogP contribution in [-0.2, 0) is 0 Å². The van der Waals surface area contributed by atoms with E-state index in [9.17, 15) is 15.3 Å². The third-order valence-corrected chi connectivity index (χ3v) is 6.63. The van der Waals surface area contributed by atoms with E-state index in [1.807, 2.05) is 82.8 Å². The Balaban J connectivity index is 2.01. The molecule has 0 heterocycles. The maximum absolute atomic E-state index is 11.1. The zero-order chi connectivity index (χ0) is 25.4. The van der Waals surface area contributed by atoms with Gasteiger partial charge in [-0.05, 0) is 111 Å². The van der Waals surface area contributed by atoms with Gasteiger partial charge in [-0.3, -0.25) is 4.90 Å². The number of rotatable bonds is 5. The van der Waals surface area contributed by atoms with Gasteiger partial charge in [-0.1, -0.05) is 24.3 Å². The summed E-state index contributed by atoms with van der Waals surface area (Å²) in [5.74, 6) is 1.56. The van der Waals surface area contributed by atoms with Gasteiger partial charge in [-0.25, -0.2) is 0 Å². The number of benzene rings is 4. The minimum absolute atomic E-state index is 0.0971. The average molecular weight is 470 g/mol. The molecule has 3 N–H and O–H groups in total. The molecule has 4 aromatic rings. The summed E-state index contributed by atoms with van der Waals surface area (Å²) in [7, 11) is 0. The summed E-state index contributed by atoms with van der Waals surface area (Å²) in [6, 6.07) is 18.1. The maximum atomic E-state index is 11.1. The van der Waals surface area contributed by atoms with Crippen molar-refractivity contribution in [3.8, 4) is 28.7 Å². The minimum Gasteiger partial charge on any atom is -0.508 e. The lowest BCUT2D eigenvalue weighted by molar-refractivity contribution is 0.457. The lowest BCUT2D eigenvalue weighted by Gasteiger charge is -2.32. The van der Waals surface area contributed by atoms with Crippen molar-refractivity contribution in [1.29, 1.82) is 0 Å². The Hall–Kier alpha value is -4.12. The number of nitrogens with zero attached hydrogens (tertiary/aromatic N) is 1. The van der Waals surface area contributed by atoms with E-state index in [0.717, 1.165) is 27.8 Å². The smallest absolute Gasteiger partial charge is 0.151 e. The second kappa shape index (κ2) is 9.26. The summed E-state index contributed by atoms with van der Waals surface area (Å²) in [6.45, 7) is 11.6. The van der Waals surface area contributed by atoms with Gasteiger partial charge in [0, 0.05) is 0 Å². The molecule has 0 aromatic heterocycles. The van der Waals surface area contributed by atoms with Crippen LogP contribution in [-0.4, -0.2) is 15.3 Å². The van der Waals surface area contributed by atoms with E-state index >= 15 is 0 Å². The molecule has 0 radical (unpaired) electrons. The minimum atomic E-state index is 0.0971. The van der Waals surface area contributed by atoms with Crippen molar-refractivity contribution >= 4 is 17.1 Å². The number of ether oxygens (including phenoxy) is 1. The van der Waals surface area contributed by atoms with E-state index in [4.69, 9.17) is 4.74 Å². The molecule has 0 saturated heterocycles. The largest absolute Gasteiger partial charge is 0.508 e. The highest BCUT2D eigenvalue weighted by atomic mass is 16.5. The fourth-order valence-electron chi connectivity index (χ4n) is 4.22. The summed E-state index contributed by atoms with van der Waals surface area (Å²) >= 11 is 0. The van der Waals surface area contributed by atoms with Gasteiger partial charge in [0.25, 0.3) is 0 Å². The van der Waals surface area contributed by atoms with Crippen LogP contribution >= 0.6 is 0 Å². The van der Waals surface area contributed by atoms with Crippen LogP contribution in [0, 0.1) is 41.5 Å². The fraction of sp³-hybridized carbons (Fsp3) is 0.200. The Morgan fingerprint density at radius 3 is 1.66 bits per heavy atom. The number of phenols is 3. The summed E-state index contributed by atoms with van der Waals surface area (Å²) in [4.78, 5) is 1.87. The number of phenolic OH excluding ortho intramolecular Hbond substituents is 3. The van der Waals surface area contributed by atoms with Gasteiger partial charge in [-0.15, -0.1) is 0 Å². The standard InChI is InChI=1S/C30H31NO4/c1-17-11-13-24(32)29(21(17)5)31(30-22(6)18(2)12-14-25(30)33)23-9-7-8-10-27(23)35-28-16-19(3)26(34)15-20(28)4/h7-16,32-34H,1-6H3. The molecule has 0 amide bonds. The fourth-order valence-corrected chi connectivity index (χ4v) is 4.22. The van der Waals surface area contributed by atoms with Crippen molar-refractivity contribution in [1.82, 2.24) is 0 Å². The highest BCUT2D eigenvalue weighted by Crippen LogP contribution is 2.50. The summed E-state index contributed by atoms with van der Waals surface area (Å²) < 4.78 is 6.40. The first-order valence-electron chi connectivity index (χ1n) is 11.6. The number of hydrogen-bond donors (Lipinski definition) is 3. The molecule has 0 fully saturated rings. The maximum Gasteiger partial charge on any atom is 0.151 e. The molecule has 5 heteroatoms. The lowest BCUT2D eigenvalue weighted by Crippen LogP contribution is -2.15. The lowest BCUT2D eigenvalue weighted by atomic mass is 10.0. The van der Waals surface area contributed by atoms with E-state index in [-0.39, 0.29) is 17.2 Å². The Morgan fingerprint density at radius 1 is 0.543 bits per heavy atom. The number of aromatic hydroxyl groups is 3. The van der Waals surface area contributed by atoms with Crippen molar-refractivity contribution in [2.24, 2.45) is 0 Å². The molecule has 0 saturated carbocycles. The number of anilines is 3. The van der Waals surface area contributed by atoms with E-state index < -0.39 is 0 Å².